The lowest BCUT2D eigenvalue weighted by Gasteiger charge is -2.09. The average molecular weight is 354 g/mol. The normalized spacial score (nSPS) is 11.9. The molecule has 0 saturated carbocycles. The fourth-order valence-corrected chi connectivity index (χ4v) is 4.11. The molecule has 4 nitrogen and oxygen atoms in total. The summed E-state index contributed by atoms with van der Waals surface area (Å²) in [5, 5.41) is 0. The van der Waals surface area contributed by atoms with Crippen LogP contribution in [0.3, 0.4) is 0 Å². The Morgan fingerprint density at radius 2 is 1.96 bits per heavy atom. The molecule has 3 rings (SSSR count). The van der Waals surface area contributed by atoms with Gasteiger partial charge in [0.15, 0.2) is 10.6 Å². The molecule has 0 aliphatic heterocycles. The molecule has 0 fully saturated rings. The largest absolute Gasteiger partial charge is 0.459 e. The van der Waals surface area contributed by atoms with Crippen LogP contribution in [0.15, 0.2) is 52.1 Å². The molecule has 3 aromatic rings. The van der Waals surface area contributed by atoms with E-state index in [0.29, 0.717) is 0 Å². The van der Waals surface area contributed by atoms with Crippen LogP contribution < -0.4 is 4.80 Å². The molecule has 2 heterocycles. The van der Waals surface area contributed by atoms with Gasteiger partial charge in [0.1, 0.15) is 0 Å². The summed E-state index contributed by atoms with van der Waals surface area (Å²) in [4.78, 5) is 18.7. The van der Waals surface area contributed by atoms with Crippen LogP contribution in [-0.4, -0.2) is 10.5 Å². The Hall–Kier alpha value is -2.40. The Morgan fingerprint density at radius 1 is 1.20 bits per heavy atom. The molecule has 1 aromatic carbocycles. The van der Waals surface area contributed by atoms with E-state index in [1.54, 1.807) is 23.5 Å². The molecule has 1 amide bonds. The number of amides is 1. The SMILES string of the molecule is CCCc1sc(=NC(=O)c2ccco2)n(CC)c1-c1ccc(C)cc1. The number of nitrogens with zero attached hydrogens (tertiary/aromatic N) is 2. The fourth-order valence-electron chi connectivity index (χ4n) is 2.80. The number of furan rings is 1. The van der Waals surface area contributed by atoms with Crippen LogP contribution in [0.25, 0.3) is 11.3 Å². The number of aryl methyl sites for hydroxylation is 2. The highest BCUT2D eigenvalue weighted by Gasteiger charge is 2.16. The second-order valence-electron chi connectivity index (χ2n) is 5.91. The van der Waals surface area contributed by atoms with Gasteiger partial charge in [-0.05, 0) is 38.0 Å². The number of hydrogen-bond acceptors (Lipinski definition) is 3. The smallest absolute Gasteiger partial charge is 0.315 e. The summed E-state index contributed by atoms with van der Waals surface area (Å²) in [7, 11) is 0. The van der Waals surface area contributed by atoms with Crippen molar-refractivity contribution in [2.45, 2.75) is 40.2 Å². The summed E-state index contributed by atoms with van der Waals surface area (Å²) in [6.45, 7) is 7.09. The third-order valence-electron chi connectivity index (χ3n) is 4.03. The van der Waals surface area contributed by atoms with Crippen LogP contribution in [-0.2, 0) is 13.0 Å². The first kappa shape index (κ1) is 17.4. The Morgan fingerprint density at radius 3 is 2.56 bits per heavy atom. The summed E-state index contributed by atoms with van der Waals surface area (Å²) >= 11 is 1.59. The number of thiazole rings is 1. The number of carbonyl (C=O) groups excluding carboxylic acids is 1. The van der Waals surface area contributed by atoms with Crippen LogP contribution in [0.2, 0.25) is 0 Å². The molecule has 0 atom stereocenters. The Bertz CT molecular complexity index is 916. The molecule has 0 aliphatic rings. The maximum Gasteiger partial charge on any atom is 0.315 e. The lowest BCUT2D eigenvalue weighted by Crippen LogP contribution is -2.17. The van der Waals surface area contributed by atoms with E-state index in [9.17, 15) is 4.79 Å². The van der Waals surface area contributed by atoms with Gasteiger partial charge in [0.25, 0.3) is 0 Å². The molecule has 0 bridgehead atoms. The zero-order chi connectivity index (χ0) is 17.8. The van der Waals surface area contributed by atoms with E-state index in [1.807, 2.05) is 0 Å². The summed E-state index contributed by atoms with van der Waals surface area (Å²) < 4.78 is 7.30. The van der Waals surface area contributed by atoms with Crippen molar-refractivity contribution >= 4 is 17.2 Å². The maximum absolute atomic E-state index is 12.3. The first-order valence-corrected chi connectivity index (χ1v) is 9.37. The number of aromatic nitrogens is 1. The summed E-state index contributed by atoms with van der Waals surface area (Å²) in [5.74, 6) is -0.0723. The predicted molar refractivity (Wildman–Crippen MR) is 101 cm³/mol. The predicted octanol–water partition coefficient (Wildman–Crippen LogP) is 4.83. The monoisotopic (exact) mass is 354 g/mol. The van der Waals surface area contributed by atoms with Gasteiger partial charge in [-0.25, -0.2) is 0 Å². The van der Waals surface area contributed by atoms with Crippen molar-refractivity contribution in [3.05, 3.63) is 63.7 Å². The van der Waals surface area contributed by atoms with Crippen LogP contribution in [0, 0.1) is 6.92 Å². The molecular weight excluding hydrogens is 332 g/mol. The van der Waals surface area contributed by atoms with Crippen molar-refractivity contribution in [2.24, 2.45) is 4.99 Å². The van der Waals surface area contributed by atoms with Crippen LogP contribution in [0.5, 0.6) is 0 Å². The summed E-state index contributed by atoms with van der Waals surface area (Å²) in [5.41, 5.74) is 3.57. The maximum atomic E-state index is 12.3. The first-order chi connectivity index (χ1) is 12.1. The van der Waals surface area contributed by atoms with Crippen LogP contribution in [0.4, 0.5) is 0 Å². The second-order valence-corrected chi connectivity index (χ2v) is 6.97. The molecule has 0 unspecified atom stereocenters. The summed E-state index contributed by atoms with van der Waals surface area (Å²) in [6.07, 6.45) is 3.51. The van der Waals surface area contributed by atoms with E-state index < -0.39 is 0 Å². The lowest BCUT2D eigenvalue weighted by atomic mass is 10.1. The molecule has 130 valence electrons. The molecule has 5 heteroatoms. The highest BCUT2D eigenvalue weighted by atomic mass is 32.1. The second kappa shape index (κ2) is 7.66. The van der Waals surface area contributed by atoms with Gasteiger partial charge in [-0.1, -0.05) is 43.2 Å². The number of rotatable bonds is 5. The Kier molecular flexibility index (Phi) is 5.34. The Labute approximate surface area is 151 Å². The van der Waals surface area contributed by atoms with Gasteiger partial charge < -0.3 is 8.98 Å². The first-order valence-electron chi connectivity index (χ1n) is 8.56. The van der Waals surface area contributed by atoms with Gasteiger partial charge in [-0.2, -0.15) is 4.99 Å². The summed E-state index contributed by atoms with van der Waals surface area (Å²) in [6, 6.07) is 11.9. The standard InChI is InChI=1S/C20H22N2O2S/c1-4-7-17-18(15-11-9-14(3)10-12-15)22(5-2)20(25-17)21-19(23)16-8-6-13-24-16/h6,8-13H,4-5,7H2,1-3H3. The highest BCUT2D eigenvalue weighted by Crippen LogP contribution is 2.27. The molecular formula is C20H22N2O2S. The van der Waals surface area contributed by atoms with Gasteiger partial charge in [0.05, 0.1) is 12.0 Å². The number of benzene rings is 1. The highest BCUT2D eigenvalue weighted by molar-refractivity contribution is 7.09. The van der Waals surface area contributed by atoms with Crippen molar-refractivity contribution in [2.75, 3.05) is 0 Å². The van der Waals surface area contributed by atoms with E-state index in [1.165, 1.54) is 28.0 Å². The number of carbonyl (C=O) groups is 1. The van der Waals surface area contributed by atoms with Gasteiger partial charge in [0, 0.05) is 11.4 Å². The van der Waals surface area contributed by atoms with Crippen LogP contribution >= 0.6 is 11.3 Å². The molecule has 0 radical (unpaired) electrons. The van der Waals surface area contributed by atoms with E-state index in [0.717, 1.165) is 24.2 Å². The molecule has 0 saturated heterocycles. The third-order valence-corrected chi connectivity index (χ3v) is 5.16. The van der Waals surface area contributed by atoms with Crippen molar-refractivity contribution in [1.29, 1.82) is 0 Å². The molecule has 25 heavy (non-hydrogen) atoms. The van der Waals surface area contributed by atoms with Crippen molar-refractivity contribution < 1.29 is 9.21 Å². The topological polar surface area (TPSA) is 47.5 Å². The minimum absolute atomic E-state index is 0.269. The van der Waals surface area contributed by atoms with E-state index >= 15 is 0 Å². The van der Waals surface area contributed by atoms with Gasteiger partial charge >= 0.3 is 5.91 Å². The van der Waals surface area contributed by atoms with E-state index in [-0.39, 0.29) is 11.7 Å². The molecule has 0 N–H and O–H groups in total. The van der Waals surface area contributed by atoms with Gasteiger partial charge in [-0.15, -0.1) is 11.3 Å². The van der Waals surface area contributed by atoms with Crippen molar-refractivity contribution in [3.63, 3.8) is 0 Å². The quantitative estimate of drug-likeness (QED) is 0.659. The molecule has 2 aromatic heterocycles. The van der Waals surface area contributed by atoms with Crippen molar-refractivity contribution in [1.82, 2.24) is 4.57 Å². The van der Waals surface area contributed by atoms with E-state index in [4.69, 9.17) is 4.42 Å². The number of hydrogen-bond donors (Lipinski definition) is 0. The van der Waals surface area contributed by atoms with Crippen LogP contribution in [0.1, 0.15) is 41.3 Å². The minimum Gasteiger partial charge on any atom is -0.459 e. The fraction of sp³-hybridized carbons (Fsp3) is 0.300. The van der Waals surface area contributed by atoms with Gasteiger partial charge in [-0.3, -0.25) is 4.79 Å². The Balaban J connectivity index is 2.15. The zero-order valence-electron chi connectivity index (χ0n) is 14.8. The third kappa shape index (κ3) is 3.66. The lowest BCUT2D eigenvalue weighted by molar-refractivity contribution is 0.0971. The zero-order valence-corrected chi connectivity index (χ0v) is 15.6. The van der Waals surface area contributed by atoms with Gasteiger partial charge in [0.2, 0.25) is 0 Å². The van der Waals surface area contributed by atoms with Crippen molar-refractivity contribution in [3.8, 4) is 11.3 Å². The molecule has 0 aliphatic carbocycles. The van der Waals surface area contributed by atoms with E-state index in [2.05, 4.69) is 54.6 Å². The molecule has 0 spiro atoms. The average Bonchev–Trinajstić information content (AvgIpc) is 3.24. The minimum atomic E-state index is -0.341.